The molecule has 2 heterocycles. The Morgan fingerprint density at radius 3 is 2.81 bits per heavy atom. The van der Waals surface area contributed by atoms with E-state index >= 15 is 0 Å². The fourth-order valence-electron chi connectivity index (χ4n) is 2.35. The number of rotatable bonds is 5. The smallest absolute Gasteiger partial charge is 0.277 e. The van der Waals surface area contributed by atoms with Gasteiger partial charge in [0.1, 0.15) is 4.21 Å². The predicted molar refractivity (Wildman–Crippen MR) is 105 cm³/mol. The molecule has 0 aliphatic heterocycles. The number of amides is 1. The van der Waals surface area contributed by atoms with Gasteiger partial charge >= 0.3 is 0 Å². The molecule has 2 aromatic rings. The Balaban J connectivity index is 1.90. The minimum Gasteiger partial charge on any atom is -0.288 e. The largest absolute Gasteiger partial charge is 0.288 e. The fourth-order valence-corrected chi connectivity index (χ4v) is 4.94. The van der Waals surface area contributed by atoms with Crippen LogP contribution in [0, 0.1) is 0 Å². The van der Waals surface area contributed by atoms with Crippen LogP contribution in [0.2, 0.25) is 0 Å². The van der Waals surface area contributed by atoms with E-state index in [0.29, 0.717) is 5.56 Å². The summed E-state index contributed by atoms with van der Waals surface area (Å²) in [6, 6.07) is 4.89. The molecule has 2 aromatic heterocycles. The summed E-state index contributed by atoms with van der Waals surface area (Å²) in [5, 5.41) is 8.47. The van der Waals surface area contributed by atoms with Crippen LogP contribution in [0.4, 0.5) is 0 Å². The van der Waals surface area contributed by atoms with Crippen LogP contribution in [0.3, 0.4) is 0 Å². The number of carbonyl (C=O) groups excluding carboxylic acids is 1. The molecule has 6 nitrogen and oxygen atoms in total. The van der Waals surface area contributed by atoms with Gasteiger partial charge in [-0.3, -0.25) is 10.0 Å². The number of thiophene rings is 1. The summed E-state index contributed by atoms with van der Waals surface area (Å²) in [6.07, 6.45) is 12.9. The van der Waals surface area contributed by atoms with E-state index in [0.717, 1.165) is 26.1 Å². The van der Waals surface area contributed by atoms with Gasteiger partial charge in [0, 0.05) is 28.9 Å². The molecule has 0 fully saturated rings. The molecule has 0 radical (unpaired) electrons. The summed E-state index contributed by atoms with van der Waals surface area (Å²) in [6.45, 7) is 1.93. The minimum absolute atomic E-state index is 0.203. The summed E-state index contributed by atoms with van der Waals surface area (Å²) in [7, 11) is -3.74. The van der Waals surface area contributed by atoms with Crippen LogP contribution < -0.4 is 5.48 Å². The summed E-state index contributed by atoms with van der Waals surface area (Å²) >= 11 is 1.17. The highest BCUT2D eigenvalue weighted by Crippen LogP contribution is 2.30. The van der Waals surface area contributed by atoms with E-state index in [9.17, 15) is 13.2 Å². The molecule has 0 bridgehead atoms. The third-order valence-corrected chi connectivity index (χ3v) is 6.88. The number of hydroxylamine groups is 1. The van der Waals surface area contributed by atoms with Crippen molar-refractivity contribution in [3.05, 3.63) is 82.7 Å². The van der Waals surface area contributed by atoms with Crippen molar-refractivity contribution in [1.29, 1.82) is 0 Å². The van der Waals surface area contributed by atoms with E-state index in [2.05, 4.69) is 5.73 Å². The van der Waals surface area contributed by atoms with Crippen LogP contribution in [-0.2, 0) is 14.8 Å². The average molecular weight is 400 g/mol. The lowest BCUT2D eigenvalue weighted by molar-refractivity contribution is -0.124. The van der Waals surface area contributed by atoms with Crippen LogP contribution in [0.1, 0.15) is 17.4 Å². The molecule has 1 aliphatic carbocycles. The first-order chi connectivity index (χ1) is 12.9. The van der Waals surface area contributed by atoms with Gasteiger partial charge in [-0.2, -0.15) is 8.42 Å². The number of carbonyl (C=O) groups is 1. The zero-order valence-corrected chi connectivity index (χ0v) is 15.9. The molecule has 0 spiro atoms. The number of hydrogen-bond donors (Lipinski definition) is 2. The lowest BCUT2D eigenvalue weighted by Crippen LogP contribution is -2.14. The molecule has 2 N–H and O–H groups in total. The van der Waals surface area contributed by atoms with Crippen LogP contribution >= 0.6 is 11.3 Å². The first-order valence-corrected chi connectivity index (χ1v) is 10.1. The van der Waals surface area contributed by atoms with E-state index < -0.39 is 15.9 Å². The first kappa shape index (κ1) is 18.9. The summed E-state index contributed by atoms with van der Waals surface area (Å²) in [5.41, 5.74) is 7.01. The molecule has 0 unspecified atom stereocenters. The Morgan fingerprint density at radius 1 is 1.26 bits per heavy atom. The van der Waals surface area contributed by atoms with Gasteiger partial charge in [-0.1, -0.05) is 18.2 Å². The van der Waals surface area contributed by atoms with E-state index in [1.54, 1.807) is 18.2 Å². The van der Waals surface area contributed by atoms with Crippen molar-refractivity contribution >= 4 is 38.9 Å². The van der Waals surface area contributed by atoms with E-state index in [-0.39, 0.29) is 4.21 Å². The maximum atomic E-state index is 12.8. The Kier molecular flexibility index (Phi) is 5.43. The van der Waals surface area contributed by atoms with E-state index in [4.69, 9.17) is 5.21 Å². The molecule has 3 rings (SSSR count). The monoisotopic (exact) mass is 400 g/mol. The maximum absolute atomic E-state index is 12.8. The highest BCUT2D eigenvalue weighted by molar-refractivity contribution is 7.92. The number of allylic oxidation sites excluding steroid dienone is 5. The molecule has 0 saturated carbocycles. The summed E-state index contributed by atoms with van der Waals surface area (Å²) < 4.78 is 27.0. The predicted octanol–water partition coefficient (Wildman–Crippen LogP) is 3.36. The van der Waals surface area contributed by atoms with Gasteiger partial charge in [0.05, 0.1) is 0 Å². The number of nitrogens with one attached hydrogen (secondary N) is 1. The van der Waals surface area contributed by atoms with Gasteiger partial charge in [0.15, 0.2) is 0 Å². The summed E-state index contributed by atoms with van der Waals surface area (Å²) in [4.78, 5) is 11.8. The van der Waals surface area contributed by atoms with Crippen molar-refractivity contribution in [3.8, 4) is 0 Å². The average Bonchev–Trinajstić information content (AvgIpc) is 3.28. The Hall–Kier alpha value is -2.90. The van der Waals surface area contributed by atoms with Gasteiger partial charge in [0.25, 0.3) is 15.9 Å². The molecule has 8 heteroatoms. The first-order valence-electron chi connectivity index (χ1n) is 7.88. The topological polar surface area (TPSA) is 88.4 Å². The van der Waals surface area contributed by atoms with Crippen molar-refractivity contribution in [2.75, 3.05) is 0 Å². The van der Waals surface area contributed by atoms with Gasteiger partial charge in [-0.05, 0) is 48.4 Å². The maximum Gasteiger partial charge on any atom is 0.277 e. The van der Waals surface area contributed by atoms with Crippen LogP contribution in [0.15, 0.2) is 76.5 Å². The molecule has 27 heavy (non-hydrogen) atoms. The highest BCUT2D eigenvalue weighted by Gasteiger charge is 2.19. The van der Waals surface area contributed by atoms with Gasteiger partial charge < -0.3 is 0 Å². The Morgan fingerprint density at radius 2 is 2.04 bits per heavy atom. The second kappa shape index (κ2) is 7.77. The molecular weight excluding hydrogens is 384 g/mol. The summed E-state index contributed by atoms with van der Waals surface area (Å²) in [5.74, 6) is -0.698. The van der Waals surface area contributed by atoms with Crippen molar-refractivity contribution < 1.29 is 18.4 Å². The quantitative estimate of drug-likeness (QED) is 0.349. The van der Waals surface area contributed by atoms with Crippen molar-refractivity contribution in [2.45, 2.75) is 11.1 Å². The van der Waals surface area contributed by atoms with Crippen molar-refractivity contribution in [1.82, 2.24) is 9.45 Å². The van der Waals surface area contributed by atoms with E-state index in [1.807, 2.05) is 31.2 Å². The number of nitrogens with zero attached hydrogens (tertiary/aromatic N) is 1. The normalized spacial score (nSPS) is 14.1. The van der Waals surface area contributed by atoms with Crippen LogP contribution in [0.5, 0.6) is 0 Å². The zero-order chi connectivity index (χ0) is 19.4. The van der Waals surface area contributed by atoms with Gasteiger partial charge in [-0.15, -0.1) is 17.1 Å². The Bertz CT molecular complexity index is 1140. The van der Waals surface area contributed by atoms with Crippen molar-refractivity contribution in [3.63, 3.8) is 0 Å². The SMILES string of the molecule is CC1=C=C(c2ccc(S(=O)(=O)n3ccc(/C=C/C(=O)NO)c3)s2)C=CC=C1. The van der Waals surface area contributed by atoms with E-state index in [1.165, 1.54) is 35.3 Å². The third kappa shape index (κ3) is 4.27. The Labute approximate surface area is 160 Å². The third-order valence-electron chi connectivity index (χ3n) is 3.66. The molecule has 138 valence electrons. The lowest BCUT2D eigenvalue weighted by atomic mass is 10.2. The highest BCUT2D eigenvalue weighted by atomic mass is 32.2. The molecule has 1 amide bonds. The lowest BCUT2D eigenvalue weighted by Gasteiger charge is -2.02. The van der Waals surface area contributed by atoms with Crippen molar-refractivity contribution in [2.24, 2.45) is 0 Å². The number of aromatic nitrogens is 1. The van der Waals surface area contributed by atoms with Gasteiger partial charge in [0.2, 0.25) is 0 Å². The second-order valence-corrected chi connectivity index (χ2v) is 8.80. The molecular formula is C19H16N2O4S2. The number of hydrogen-bond acceptors (Lipinski definition) is 5. The van der Waals surface area contributed by atoms with Gasteiger partial charge in [-0.25, -0.2) is 9.45 Å². The second-order valence-electron chi connectivity index (χ2n) is 5.65. The molecule has 0 saturated heterocycles. The zero-order valence-electron chi connectivity index (χ0n) is 14.3. The van der Waals surface area contributed by atoms with Crippen LogP contribution in [-0.4, -0.2) is 23.5 Å². The molecule has 0 aromatic carbocycles. The standard InChI is InChI=1S/C19H16N2O4S2/c1-14-4-2-3-5-16(12-14)17-7-9-19(26-17)27(24,25)21-11-10-15(13-21)6-8-18(22)20-23/h2-11,13,23H,1H3,(H,20,22)/b8-6+. The minimum atomic E-state index is -3.74. The fraction of sp³-hybridized carbons (Fsp3) is 0.0526. The van der Waals surface area contributed by atoms with Crippen LogP contribution in [0.25, 0.3) is 11.6 Å². The molecule has 0 atom stereocenters. The molecule has 1 aliphatic rings.